The van der Waals surface area contributed by atoms with Crippen molar-refractivity contribution in [3.05, 3.63) is 36.3 Å². The minimum absolute atomic E-state index is 0.293. The van der Waals surface area contributed by atoms with E-state index in [4.69, 9.17) is 10.2 Å². The van der Waals surface area contributed by atoms with Crippen molar-refractivity contribution in [2.45, 2.75) is 6.10 Å². The molecule has 0 spiro atoms. The van der Waals surface area contributed by atoms with Gasteiger partial charge in [0.25, 0.3) is 5.91 Å². The molecule has 0 aliphatic rings. The predicted octanol–water partition coefficient (Wildman–Crippen LogP) is -0.614. The Morgan fingerprint density at radius 3 is 2.65 bits per heavy atom. The smallest absolute Gasteiger partial charge is 0.334 e. The van der Waals surface area contributed by atoms with Crippen LogP contribution in [0, 0.1) is 0 Å². The van der Waals surface area contributed by atoms with Crippen LogP contribution in [0.3, 0.4) is 0 Å². The first-order valence-corrected chi connectivity index (χ1v) is 5.85. The number of aliphatic hydroxyl groups excluding tert-OH is 1. The molecule has 1 atom stereocenters. The summed E-state index contributed by atoms with van der Waals surface area (Å²) in [6.07, 6.45) is 3.28. The maximum Gasteiger partial charge on any atom is 0.334 e. The summed E-state index contributed by atoms with van der Waals surface area (Å²) in [7, 11) is 1.69. The van der Waals surface area contributed by atoms with Gasteiger partial charge in [-0.1, -0.05) is 0 Å². The minimum atomic E-state index is -1.63. The molecule has 0 aromatic carbocycles. The molecule has 2 heterocycles. The minimum Gasteiger partial charge on any atom is -0.479 e. The molecular formula is C12H14N4O4. The van der Waals surface area contributed by atoms with Gasteiger partial charge in [0, 0.05) is 19.4 Å². The summed E-state index contributed by atoms with van der Waals surface area (Å²) in [4.78, 5) is 22.5. The first-order valence-electron chi connectivity index (χ1n) is 5.85. The molecule has 2 rings (SSSR count). The van der Waals surface area contributed by atoms with Gasteiger partial charge >= 0.3 is 5.97 Å². The van der Waals surface area contributed by atoms with E-state index < -0.39 is 18.0 Å². The van der Waals surface area contributed by atoms with Gasteiger partial charge in [0.2, 0.25) is 0 Å². The van der Waals surface area contributed by atoms with Crippen LogP contribution in [0.2, 0.25) is 0 Å². The topological polar surface area (TPSA) is 109 Å². The zero-order chi connectivity index (χ0) is 14.7. The third-order valence-electron chi connectivity index (χ3n) is 2.74. The molecule has 106 valence electrons. The van der Waals surface area contributed by atoms with E-state index in [1.54, 1.807) is 24.0 Å². The molecule has 1 amide bonds. The van der Waals surface area contributed by atoms with Gasteiger partial charge in [-0.2, -0.15) is 5.10 Å². The standard InChI is InChI=1S/C12H14N4O4/c1-15-11(16-4-2-3-5-16)8(6-14-15)10(18)13-7-9(17)12(19)20/h2-6,9,17H,7H2,1H3,(H,13,18)(H,19,20)/t9-/m0/s1. The maximum atomic E-state index is 12.0. The van der Waals surface area contributed by atoms with E-state index in [9.17, 15) is 9.59 Å². The highest BCUT2D eigenvalue weighted by Gasteiger charge is 2.19. The van der Waals surface area contributed by atoms with E-state index in [0.29, 0.717) is 11.4 Å². The second kappa shape index (κ2) is 5.57. The molecular weight excluding hydrogens is 264 g/mol. The zero-order valence-corrected chi connectivity index (χ0v) is 10.7. The van der Waals surface area contributed by atoms with Gasteiger partial charge in [0.05, 0.1) is 12.7 Å². The lowest BCUT2D eigenvalue weighted by molar-refractivity contribution is -0.146. The molecule has 0 saturated carbocycles. The van der Waals surface area contributed by atoms with Gasteiger partial charge in [-0.3, -0.25) is 9.48 Å². The summed E-state index contributed by atoms with van der Waals surface area (Å²) in [5.41, 5.74) is 0.293. The zero-order valence-electron chi connectivity index (χ0n) is 10.7. The number of aromatic nitrogens is 3. The average molecular weight is 278 g/mol. The fourth-order valence-corrected chi connectivity index (χ4v) is 1.75. The molecule has 2 aromatic heterocycles. The van der Waals surface area contributed by atoms with Crippen molar-refractivity contribution in [3.8, 4) is 5.82 Å². The van der Waals surface area contributed by atoms with Gasteiger partial charge in [0.15, 0.2) is 6.10 Å². The third-order valence-corrected chi connectivity index (χ3v) is 2.74. The molecule has 0 unspecified atom stereocenters. The van der Waals surface area contributed by atoms with Crippen molar-refractivity contribution < 1.29 is 19.8 Å². The molecule has 2 aromatic rings. The van der Waals surface area contributed by atoms with Crippen LogP contribution in [0.5, 0.6) is 0 Å². The molecule has 0 radical (unpaired) electrons. The number of nitrogens with one attached hydrogen (secondary N) is 1. The van der Waals surface area contributed by atoms with Crippen molar-refractivity contribution in [1.29, 1.82) is 0 Å². The molecule has 0 saturated heterocycles. The third kappa shape index (κ3) is 2.69. The molecule has 8 nitrogen and oxygen atoms in total. The number of carboxylic acids is 1. The van der Waals surface area contributed by atoms with Crippen LogP contribution < -0.4 is 5.32 Å². The highest BCUT2D eigenvalue weighted by Crippen LogP contribution is 2.13. The Bertz CT molecular complexity index is 617. The van der Waals surface area contributed by atoms with Gasteiger partial charge in [0.1, 0.15) is 11.4 Å². The number of carbonyl (C=O) groups excluding carboxylic acids is 1. The summed E-state index contributed by atoms with van der Waals surface area (Å²) in [6, 6.07) is 3.62. The Balaban J connectivity index is 2.17. The summed E-state index contributed by atoms with van der Waals surface area (Å²) >= 11 is 0. The van der Waals surface area contributed by atoms with Crippen molar-refractivity contribution in [1.82, 2.24) is 19.7 Å². The Hall–Kier alpha value is -2.61. The van der Waals surface area contributed by atoms with Gasteiger partial charge < -0.3 is 20.1 Å². The summed E-state index contributed by atoms with van der Waals surface area (Å²) in [5.74, 6) is -1.33. The van der Waals surface area contributed by atoms with E-state index in [1.165, 1.54) is 10.9 Å². The molecule has 0 aliphatic carbocycles. The fourth-order valence-electron chi connectivity index (χ4n) is 1.75. The fraction of sp³-hybridized carbons (Fsp3) is 0.250. The lowest BCUT2D eigenvalue weighted by Gasteiger charge is -2.09. The average Bonchev–Trinajstić information content (AvgIpc) is 3.03. The summed E-state index contributed by atoms with van der Waals surface area (Å²) in [6.45, 7) is -0.367. The van der Waals surface area contributed by atoms with Crippen LogP contribution in [0.4, 0.5) is 0 Å². The number of carbonyl (C=O) groups is 2. The molecule has 8 heteroatoms. The number of aliphatic carboxylic acids is 1. The second-order valence-electron chi connectivity index (χ2n) is 4.16. The number of aryl methyl sites for hydroxylation is 1. The Labute approximate surface area is 114 Å². The molecule has 0 bridgehead atoms. The van der Waals surface area contributed by atoms with Gasteiger partial charge in [-0.05, 0) is 12.1 Å². The van der Waals surface area contributed by atoms with Crippen LogP contribution in [-0.4, -0.2) is 49.1 Å². The first kappa shape index (κ1) is 13.8. The van der Waals surface area contributed by atoms with Crippen LogP contribution in [-0.2, 0) is 11.8 Å². The lowest BCUT2D eigenvalue weighted by Crippen LogP contribution is -2.36. The molecule has 20 heavy (non-hydrogen) atoms. The van der Waals surface area contributed by atoms with Crippen molar-refractivity contribution in [3.63, 3.8) is 0 Å². The number of amides is 1. The SMILES string of the molecule is Cn1ncc(C(=O)NC[C@H](O)C(=O)O)c1-n1cccc1. The number of carboxylic acid groups (broad SMARTS) is 1. The molecule has 0 aliphatic heterocycles. The Morgan fingerprint density at radius 2 is 2.05 bits per heavy atom. The normalized spacial score (nSPS) is 12.1. The monoisotopic (exact) mass is 278 g/mol. The van der Waals surface area contributed by atoms with E-state index >= 15 is 0 Å². The number of hydrogen-bond acceptors (Lipinski definition) is 4. The second-order valence-corrected chi connectivity index (χ2v) is 4.16. The van der Waals surface area contributed by atoms with Gasteiger partial charge in [-0.15, -0.1) is 0 Å². The van der Waals surface area contributed by atoms with Crippen LogP contribution >= 0.6 is 0 Å². The largest absolute Gasteiger partial charge is 0.479 e. The highest BCUT2D eigenvalue weighted by atomic mass is 16.4. The van der Waals surface area contributed by atoms with E-state index in [-0.39, 0.29) is 6.54 Å². The highest BCUT2D eigenvalue weighted by molar-refractivity contribution is 5.97. The maximum absolute atomic E-state index is 12.0. The molecule has 3 N–H and O–H groups in total. The Morgan fingerprint density at radius 1 is 1.40 bits per heavy atom. The van der Waals surface area contributed by atoms with Crippen LogP contribution in [0.25, 0.3) is 5.82 Å². The van der Waals surface area contributed by atoms with E-state index in [1.807, 2.05) is 12.1 Å². The van der Waals surface area contributed by atoms with Crippen LogP contribution in [0.1, 0.15) is 10.4 Å². The van der Waals surface area contributed by atoms with E-state index in [2.05, 4.69) is 10.4 Å². The van der Waals surface area contributed by atoms with Crippen LogP contribution in [0.15, 0.2) is 30.7 Å². The van der Waals surface area contributed by atoms with Gasteiger partial charge in [-0.25, -0.2) is 4.79 Å². The number of hydrogen-bond donors (Lipinski definition) is 3. The first-order chi connectivity index (χ1) is 9.50. The number of aliphatic hydroxyl groups is 1. The van der Waals surface area contributed by atoms with Crippen molar-refractivity contribution in [2.24, 2.45) is 7.05 Å². The van der Waals surface area contributed by atoms with Crippen molar-refractivity contribution in [2.75, 3.05) is 6.54 Å². The Kier molecular flexibility index (Phi) is 3.85. The van der Waals surface area contributed by atoms with Crippen molar-refractivity contribution >= 4 is 11.9 Å². The van der Waals surface area contributed by atoms with E-state index in [0.717, 1.165) is 0 Å². The predicted molar refractivity (Wildman–Crippen MR) is 68.5 cm³/mol. The lowest BCUT2D eigenvalue weighted by atomic mass is 10.3. The molecule has 0 fully saturated rings. The number of rotatable bonds is 5. The summed E-state index contributed by atoms with van der Waals surface area (Å²) < 4.78 is 3.25. The number of nitrogens with zero attached hydrogens (tertiary/aromatic N) is 3. The summed E-state index contributed by atoms with van der Waals surface area (Å²) in [5, 5.41) is 24.1. The quantitative estimate of drug-likeness (QED) is 0.675.